The van der Waals surface area contributed by atoms with Gasteiger partial charge in [-0.05, 0) is 6.54 Å². The zero-order chi connectivity index (χ0) is 9.03. The van der Waals surface area contributed by atoms with Gasteiger partial charge in [0, 0.05) is 26.2 Å². The second kappa shape index (κ2) is 6.81. The molecule has 1 rings (SSSR count). The molecule has 0 unspecified atom stereocenters. The van der Waals surface area contributed by atoms with Gasteiger partial charge in [-0.1, -0.05) is 6.32 Å². The van der Waals surface area contributed by atoms with Crippen LogP contribution < -0.4 is 56.7 Å². The van der Waals surface area contributed by atoms with Gasteiger partial charge in [-0.15, -0.1) is 0 Å². The molecule has 1 aliphatic heterocycles. The van der Waals surface area contributed by atoms with E-state index in [1.807, 2.05) is 4.90 Å². The summed E-state index contributed by atoms with van der Waals surface area (Å²) in [6, 6.07) is 0. The quantitative estimate of drug-likeness (QED) is 0.540. The first kappa shape index (κ1) is 14.4. The van der Waals surface area contributed by atoms with Crippen LogP contribution in [0.15, 0.2) is 0 Å². The van der Waals surface area contributed by atoms with Crippen molar-refractivity contribution in [3.8, 4) is 0 Å². The van der Waals surface area contributed by atoms with Gasteiger partial charge in [0.1, 0.15) is 0 Å². The summed E-state index contributed by atoms with van der Waals surface area (Å²) in [5.74, 6) is 0. The molecule has 0 radical (unpaired) electrons. The maximum Gasteiger partial charge on any atom is 1.00 e. The summed E-state index contributed by atoms with van der Waals surface area (Å²) < 4.78 is 35.5. The number of nitrogens with zero attached hydrogens (tertiary/aromatic N) is 1. The molecule has 13 heavy (non-hydrogen) atoms. The van der Waals surface area contributed by atoms with Crippen LogP contribution in [0.4, 0.5) is 12.9 Å². The Bertz CT molecular complexity index is 138. The zero-order valence-electron chi connectivity index (χ0n) is 7.90. The van der Waals surface area contributed by atoms with Gasteiger partial charge >= 0.3 is 58.4 Å². The van der Waals surface area contributed by atoms with Crippen molar-refractivity contribution >= 4 is 6.98 Å². The Labute approximate surface area is 119 Å². The van der Waals surface area contributed by atoms with Crippen molar-refractivity contribution in [3.63, 3.8) is 0 Å². The zero-order valence-corrected chi connectivity index (χ0v) is 11.0. The van der Waals surface area contributed by atoms with E-state index in [1.165, 1.54) is 0 Å². The maximum atomic E-state index is 11.8. The van der Waals surface area contributed by atoms with E-state index >= 15 is 0 Å². The van der Waals surface area contributed by atoms with E-state index < -0.39 is 13.3 Å². The topological polar surface area (TPSA) is 15.3 Å². The third-order valence-corrected chi connectivity index (χ3v) is 1.98. The third-order valence-electron chi connectivity index (χ3n) is 1.98. The predicted octanol–water partition coefficient (Wildman–Crippen LogP) is -2.26. The number of halogens is 3. The Morgan fingerprint density at radius 1 is 1.15 bits per heavy atom. The molecule has 72 valence electrons. The van der Waals surface area contributed by atoms with Crippen LogP contribution in [0.5, 0.6) is 0 Å². The minimum absolute atomic E-state index is 0. The molecule has 1 N–H and O–H groups in total. The Kier molecular flexibility index (Phi) is 7.55. The Morgan fingerprint density at radius 2 is 1.69 bits per heavy atom. The van der Waals surface area contributed by atoms with Gasteiger partial charge in [-0.3, -0.25) is 0 Å². The fourth-order valence-corrected chi connectivity index (χ4v) is 1.26. The molecule has 1 aliphatic rings. The second-order valence-electron chi connectivity index (χ2n) is 3.09. The average Bonchev–Trinajstić information content (AvgIpc) is 2.02. The normalized spacial score (nSPS) is 19.6. The molecule has 1 saturated heterocycles. The van der Waals surface area contributed by atoms with Crippen LogP contribution in [0.1, 0.15) is 0 Å². The third kappa shape index (κ3) is 7.35. The summed E-state index contributed by atoms with van der Waals surface area (Å²) in [6.07, 6.45) is -0.625. The summed E-state index contributed by atoms with van der Waals surface area (Å²) in [5.41, 5.74) is 0. The number of piperazine rings is 1. The summed E-state index contributed by atoms with van der Waals surface area (Å²) in [7, 11) is 0. The largest absolute Gasteiger partial charge is 1.00 e. The van der Waals surface area contributed by atoms with Crippen LogP contribution in [0.25, 0.3) is 0 Å². The Morgan fingerprint density at radius 3 is 2.15 bits per heavy atom. The Hall–Kier alpha value is 1.41. The molecule has 0 atom stereocenters. The molecular formula is C6H13BF3KN2. The fourth-order valence-electron chi connectivity index (χ4n) is 1.26. The van der Waals surface area contributed by atoms with Gasteiger partial charge in [0.25, 0.3) is 0 Å². The first-order valence-corrected chi connectivity index (χ1v) is 4.22. The molecule has 0 aromatic carbocycles. The molecule has 0 saturated carbocycles. The van der Waals surface area contributed by atoms with E-state index in [-0.39, 0.29) is 57.9 Å². The van der Waals surface area contributed by atoms with Crippen molar-refractivity contribution in [2.75, 3.05) is 32.7 Å². The van der Waals surface area contributed by atoms with Crippen molar-refractivity contribution in [1.29, 1.82) is 0 Å². The molecule has 0 bridgehead atoms. The van der Waals surface area contributed by atoms with Gasteiger partial charge in [0.15, 0.2) is 0 Å². The average molecular weight is 220 g/mol. The van der Waals surface area contributed by atoms with Crippen LogP contribution >= 0.6 is 0 Å². The van der Waals surface area contributed by atoms with Crippen LogP contribution in [0, 0.1) is 0 Å². The van der Waals surface area contributed by atoms with Crippen molar-refractivity contribution in [3.05, 3.63) is 0 Å². The first-order valence-electron chi connectivity index (χ1n) is 4.22. The summed E-state index contributed by atoms with van der Waals surface area (Å²) in [6.45, 7) is -1.31. The smallest absolute Gasteiger partial charge is 0.449 e. The van der Waals surface area contributed by atoms with Crippen molar-refractivity contribution < 1.29 is 64.3 Å². The molecule has 0 aromatic heterocycles. The second-order valence-corrected chi connectivity index (χ2v) is 3.09. The minimum Gasteiger partial charge on any atom is -0.449 e. The SMILES string of the molecule is F[B-](F)(F)CCN1CCNCC1.[K+]. The van der Waals surface area contributed by atoms with E-state index in [9.17, 15) is 12.9 Å². The van der Waals surface area contributed by atoms with Gasteiger partial charge < -0.3 is 23.2 Å². The maximum absolute atomic E-state index is 11.8. The molecule has 1 fully saturated rings. The first-order chi connectivity index (χ1) is 5.58. The standard InChI is InChI=1S/C6H13BF3N2.K/c8-7(9,10)1-4-12-5-2-11-3-6-12;/h11H,1-6H2;/q-1;+1. The van der Waals surface area contributed by atoms with E-state index in [0.29, 0.717) is 0 Å². The summed E-state index contributed by atoms with van der Waals surface area (Å²) in [4.78, 5) is 1.85. The van der Waals surface area contributed by atoms with E-state index in [0.717, 1.165) is 26.2 Å². The van der Waals surface area contributed by atoms with Crippen molar-refractivity contribution in [2.45, 2.75) is 6.32 Å². The monoisotopic (exact) mass is 220 g/mol. The van der Waals surface area contributed by atoms with Crippen molar-refractivity contribution in [1.82, 2.24) is 10.2 Å². The molecule has 0 spiro atoms. The fraction of sp³-hybridized carbons (Fsp3) is 1.00. The number of nitrogens with one attached hydrogen (secondary N) is 1. The summed E-state index contributed by atoms with van der Waals surface area (Å²) >= 11 is 0. The summed E-state index contributed by atoms with van der Waals surface area (Å²) in [5, 5.41) is 3.09. The van der Waals surface area contributed by atoms with E-state index in [2.05, 4.69) is 5.32 Å². The van der Waals surface area contributed by atoms with Crippen LogP contribution in [-0.2, 0) is 0 Å². The van der Waals surface area contributed by atoms with Crippen molar-refractivity contribution in [2.24, 2.45) is 0 Å². The molecule has 1 heterocycles. The van der Waals surface area contributed by atoms with Gasteiger partial charge in [0.2, 0.25) is 0 Å². The molecule has 7 heteroatoms. The van der Waals surface area contributed by atoms with Gasteiger partial charge in [-0.25, -0.2) is 0 Å². The Balaban J connectivity index is 0.00000144. The van der Waals surface area contributed by atoms with E-state index in [1.54, 1.807) is 0 Å². The molecule has 0 aromatic rings. The van der Waals surface area contributed by atoms with Crippen LogP contribution in [0.2, 0.25) is 6.32 Å². The molecule has 0 aliphatic carbocycles. The van der Waals surface area contributed by atoms with Crippen LogP contribution in [-0.4, -0.2) is 44.6 Å². The van der Waals surface area contributed by atoms with E-state index in [4.69, 9.17) is 0 Å². The molecule has 0 amide bonds. The van der Waals surface area contributed by atoms with Gasteiger partial charge in [0.05, 0.1) is 0 Å². The number of hydrogen-bond acceptors (Lipinski definition) is 2. The number of hydrogen-bond donors (Lipinski definition) is 1. The number of rotatable bonds is 3. The molecular weight excluding hydrogens is 207 g/mol. The minimum atomic E-state index is -4.59. The predicted molar refractivity (Wildman–Crippen MR) is 43.2 cm³/mol. The molecule has 2 nitrogen and oxygen atoms in total. The van der Waals surface area contributed by atoms with Crippen LogP contribution in [0.3, 0.4) is 0 Å². The van der Waals surface area contributed by atoms with Gasteiger partial charge in [-0.2, -0.15) is 0 Å².